The van der Waals surface area contributed by atoms with Gasteiger partial charge in [0.1, 0.15) is 0 Å². The molecule has 10 heavy (non-hydrogen) atoms. The maximum atomic E-state index is 10.4. The molecule has 0 aliphatic carbocycles. The van der Waals surface area contributed by atoms with Crippen molar-refractivity contribution in [3.05, 3.63) is 12.2 Å². The molecule has 0 rings (SSSR count). The summed E-state index contributed by atoms with van der Waals surface area (Å²) < 4.78 is 29.2. The van der Waals surface area contributed by atoms with E-state index in [-0.39, 0.29) is 0 Å². The Labute approximate surface area is 61.5 Å². The maximum Gasteiger partial charge on any atom is 0.267 e. The van der Waals surface area contributed by atoms with Gasteiger partial charge in [0.25, 0.3) is 10.1 Å². The van der Waals surface area contributed by atoms with Gasteiger partial charge in [0.15, 0.2) is 0 Å². The third-order valence-corrected chi connectivity index (χ3v) is 2.33. The second kappa shape index (κ2) is 3.16. The minimum atomic E-state index is -3.86. The van der Waals surface area contributed by atoms with Crippen LogP contribution in [0.3, 0.4) is 0 Å². The molecule has 0 aromatic heterocycles. The second-order valence-corrected chi connectivity index (χ2v) is 4.32. The Bertz CT molecular complexity index is 215. The molecule has 1 unspecified atom stereocenters. The lowest BCUT2D eigenvalue weighted by Gasteiger charge is -2.05. The molecule has 0 aromatic carbocycles. The van der Waals surface area contributed by atoms with E-state index in [1.54, 1.807) is 6.92 Å². The Balaban J connectivity index is 4.12. The molecule has 0 saturated carbocycles. The van der Waals surface area contributed by atoms with Crippen LogP contribution in [0, 0.1) is 0 Å². The summed E-state index contributed by atoms with van der Waals surface area (Å²) in [6.45, 7) is 6.71. The van der Waals surface area contributed by atoms with Crippen LogP contribution in [0.15, 0.2) is 12.2 Å². The fraction of sp³-hybridized carbons (Fsp3) is 0.667. The number of hydrogen-bond acceptors (Lipinski definition) is 2. The number of hydrogen-bond donors (Lipinski definition) is 1. The van der Waals surface area contributed by atoms with Gasteiger partial charge in [0, 0.05) is 0 Å². The normalized spacial score (nSPS) is 14.7. The first-order chi connectivity index (χ1) is 4.34. The minimum absolute atomic E-state index is 0.318. The fourth-order valence-electron chi connectivity index (χ4n) is 0.596. The molecule has 0 radical (unpaired) electrons. The van der Waals surface area contributed by atoms with E-state index in [2.05, 4.69) is 6.58 Å². The average Bonchev–Trinajstić information content (AvgIpc) is 1.60. The molecule has 1 N–H and O–H groups in total. The minimum Gasteiger partial charge on any atom is -0.285 e. The van der Waals surface area contributed by atoms with E-state index in [1.807, 2.05) is 0 Å². The Kier molecular flexibility index (Phi) is 3.05. The van der Waals surface area contributed by atoms with Crippen molar-refractivity contribution in [1.29, 1.82) is 0 Å². The van der Waals surface area contributed by atoms with Crippen LogP contribution < -0.4 is 0 Å². The average molecular weight is 164 g/mol. The molecule has 0 amide bonds. The van der Waals surface area contributed by atoms with Gasteiger partial charge >= 0.3 is 0 Å². The van der Waals surface area contributed by atoms with E-state index < -0.39 is 15.4 Å². The summed E-state index contributed by atoms with van der Waals surface area (Å²) in [7, 11) is -3.86. The van der Waals surface area contributed by atoms with Crippen LogP contribution >= 0.6 is 0 Å². The third-order valence-electron chi connectivity index (χ3n) is 1.14. The Morgan fingerprint density at radius 3 is 2.20 bits per heavy atom. The first kappa shape index (κ1) is 9.65. The Morgan fingerprint density at radius 2 is 2.10 bits per heavy atom. The van der Waals surface area contributed by atoms with Crippen molar-refractivity contribution in [3.8, 4) is 0 Å². The molecule has 0 spiro atoms. The predicted octanol–water partition coefficient (Wildman–Crippen LogP) is 1.23. The molecular weight excluding hydrogens is 152 g/mol. The van der Waals surface area contributed by atoms with Gasteiger partial charge in [-0.1, -0.05) is 5.57 Å². The van der Waals surface area contributed by atoms with Gasteiger partial charge in [-0.3, -0.25) is 4.55 Å². The summed E-state index contributed by atoms with van der Waals surface area (Å²) in [5.74, 6) is 0. The molecule has 1 atom stereocenters. The van der Waals surface area contributed by atoms with Gasteiger partial charge < -0.3 is 0 Å². The van der Waals surface area contributed by atoms with Crippen LogP contribution in [0.5, 0.6) is 0 Å². The summed E-state index contributed by atoms with van der Waals surface area (Å²) in [5, 5.41) is -0.731. The highest BCUT2D eigenvalue weighted by Crippen LogP contribution is 2.08. The van der Waals surface area contributed by atoms with E-state index in [0.717, 1.165) is 5.57 Å². The summed E-state index contributed by atoms with van der Waals surface area (Å²) in [4.78, 5) is 0. The molecule has 3 nitrogen and oxygen atoms in total. The van der Waals surface area contributed by atoms with E-state index in [4.69, 9.17) is 4.55 Å². The van der Waals surface area contributed by atoms with Crippen LogP contribution in [-0.4, -0.2) is 18.2 Å². The Morgan fingerprint density at radius 1 is 1.70 bits per heavy atom. The molecule has 0 aromatic rings. The molecule has 60 valence electrons. The monoisotopic (exact) mass is 164 g/mol. The summed E-state index contributed by atoms with van der Waals surface area (Å²) in [6.07, 6.45) is 0.318. The summed E-state index contributed by atoms with van der Waals surface area (Å²) in [6, 6.07) is 0. The second-order valence-electron chi connectivity index (χ2n) is 2.49. The molecule has 0 saturated heterocycles. The van der Waals surface area contributed by atoms with Crippen molar-refractivity contribution < 1.29 is 13.0 Å². The standard InChI is InChI=1S/C6H12O3S/c1-5(2)4-6(3)10(7,8)9/h6H,1,4H2,2-3H3,(H,7,8,9). The molecular formula is C6H12O3S. The smallest absolute Gasteiger partial charge is 0.267 e. The van der Waals surface area contributed by atoms with Crippen molar-refractivity contribution in [3.63, 3.8) is 0 Å². The highest BCUT2D eigenvalue weighted by molar-refractivity contribution is 7.86. The highest BCUT2D eigenvalue weighted by atomic mass is 32.2. The highest BCUT2D eigenvalue weighted by Gasteiger charge is 2.16. The van der Waals surface area contributed by atoms with Crippen LogP contribution in [-0.2, 0) is 10.1 Å². The van der Waals surface area contributed by atoms with Crippen LogP contribution in [0.2, 0.25) is 0 Å². The lowest BCUT2D eigenvalue weighted by atomic mass is 10.2. The zero-order chi connectivity index (χ0) is 8.36. The number of rotatable bonds is 3. The van der Waals surface area contributed by atoms with Crippen molar-refractivity contribution in [2.24, 2.45) is 0 Å². The van der Waals surface area contributed by atoms with E-state index >= 15 is 0 Å². The zero-order valence-electron chi connectivity index (χ0n) is 6.16. The topological polar surface area (TPSA) is 54.4 Å². The van der Waals surface area contributed by atoms with Crippen molar-refractivity contribution in [2.75, 3.05) is 0 Å². The summed E-state index contributed by atoms with van der Waals surface area (Å²) >= 11 is 0. The molecule has 0 fully saturated rings. The third kappa shape index (κ3) is 3.63. The van der Waals surface area contributed by atoms with Gasteiger partial charge in [-0.2, -0.15) is 8.42 Å². The van der Waals surface area contributed by atoms with E-state index in [0.29, 0.717) is 6.42 Å². The first-order valence-corrected chi connectivity index (χ1v) is 4.45. The van der Waals surface area contributed by atoms with E-state index in [1.165, 1.54) is 6.92 Å². The SMILES string of the molecule is C=C(C)CC(C)S(=O)(=O)O. The predicted molar refractivity (Wildman–Crippen MR) is 40.4 cm³/mol. The molecule has 0 aliphatic rings. The summed E-state index contributed by atoms with van der Waals surface area (Å²) in [5.41, 5.74) is 0.755. The van der Waals surface area contributed by atoms with Gasteiger partial charge in [0.2, 0.25) is 0 Å². The van der Waals surface area contributed by atoms with Crippen molar-refractivity contribution in [1.82, 2.24) is 0 Å². The van der Waals surface area contributed by atoms with E-state index in [9.17, 15) is 8.42 Å². The van der Waals surface area contributed by atoms with Gasteiger partial charge in [-0.05, 0) is 20.3 Å². The van der Waals surface area contributed by atoms with Crippen molar-refractivity contribution >= 4 is 10.1 Å². The number of allylic oxidation sites excluding steroid dienone is 1. The molecule has 0 aliphatic heterocycles. The lowest BCUT2D eigenvalue weighted by molar-refractivity contribution is 0.469. The van der Waals surface area contributed by atoms with Crippen LogP contribution in [0.25, 0.3) is 0 Å². The van der Waals surface area contributed by atoms with Gasteiger partial charge in [-0.25, -0.2) is 0 Å². The molecule has 0 bridgehead atoms. The molecule has 4 heteroatoms. The first-order valence-electron chi connectivity index (χ1n) is 2.94. The van der Waals surface area contributed by atoms with Crippen molar-refractivity contribution in [2.45, 2.75) is 25.5 Å². The van der Waals surface area contributed by atoms with Crippen LogP contribution in [0.4, 0.5) is 0 Å². The molecule has 0 heterocycles. The fourth-order valence-corrected chi connectivity index (χ4v) is 1.09. The maximum absolute atomic E-state index is 10.4. The van der Waals surface area contributed by atoms with Gasteiger partial charge in [-0.15, -0.1) is 6.58 Å². The van der Waals surface area contributed by atoms with Crippen LogP contribution in [0.1, 0.15) is 20.3 Å². The quantitative estimate of drug-likeness (QED) is 0.504. The zero-order valence-corrected chi connectivity index (χ0v) is 6.98. The van der Waals surface area contributed by atoms with Gasteiger partial charge in [0.05, 0.1) is 5.25 Å². The lowest BCUT2D eigenvalue weighted by Crippen LogP contribution is -2.16. The largest absolute Gasteiger partial charge is 0.285 e. The Hall–Kier alpha value is -0.350.